The number of nitro benzene ring substituents is 1. The van der Waals surface area contributed by atoms with Crippen LogP contribution in [0.25, 0.3) is 0 Å². The van der Waals surface area contributed by atoms with Gasteiger partial charge in [-0.15, -0.1) is 0 Å². The van der Waals surface area contributed by atoms with Gasteiger partial charge in [-0.25, -0.2) is 4.79 Å². The summed E-state index contributed by atoms with van der Waals surface area (Å²) in [5.74, 6) is -1.18. The van der Waals surface area contributed by atoms with Gasteiger partial charge in [-0.1, -0.05) is 35.9 Å². The molecule has 0 aromatic heterocycles. The van der Waals surface area contributed by atoms with Crippen LogP contribution in [0.2, 0.25) is 5.02 Å². The van der Waals surface area contributed by atoms with Crippen molar-refractivity contribution in [1.29, 1.82) is 0 Å². The zero-order chi connectivity index (χ0) is 21.5. The number of non-ortho nitro benzene ring substituents is 1. The Hall–Kier alpha value is -3.46. The highest BCUT2D eigenvalue weighted by Gasteiger charge is 2.54. The Kier molecular flexibility index (Phi) is 4.90. The minimum absolute atomic E-state index is 0.0284. The van der Waals surface area contributed by atoms with E-state index in [1.807, 2.05) is 24.3 Å². The van der Waals surface area contributed by atoms with Crippen molar-refractivity contribution in [3.05, 3.63) is 68.7 Å². The van der Waals surface area contributed by atoms with E-state index in [-0.39, 0.29) is 16.4 Å². The normalized spacial score (nSPS) is 20.1. The van der Waals surface area contributed by atoms with E-state index in [4.69, 9.17) is 11.6 Å². The van der Waals surface area contributed by atoms with Gasteiger partial charge in [0, 0.05) is 12.1 Å². The molecule has 2 aromatic carbocycles. The van der Waals surface area contributed by atoms with Crippen LogP contribution in [0, 0.1) is 10.1 Å². The first-order valence-corrected chi connectivity index (χ1v) is 9.66. The number of imide groups is 1. The van der Waals surface area contributed by atoms with E-state index in [0.717, 1.165) is 34.9 Å². The predicted octanol–water partition coefficient (Wildman–Crippen LogP) is 2.97. The molecule has 2 N–H and O–H groups in total. The number of aryl methyl sites for hydroxylation is 1. The second kappa shape index (κ2) is 7.42. The number of benzene rings is 2. The number of urea groups is 1. The van der Waals surface area contributed by atoms with Crippen LogP contribution in [0.15, 0.2) is 42.5 Å². The van der Waals surface area contributed by atoms with Crippen molar-refractivity contribution in [2.75, 3.05) is 11.9 Å². The monoisotopic (exact) mass is 428 g/mol. The number of halogens is 1. The first kappa shape index (κ1) is 19.8. The van der Waals surface area contributed by atoms with E-state index in [0.29, 0.717) is 6.42 Å². The summed E-state index contributed by atoms with van der Waals surface area (Å²) in [6.07, 6.45) is 1.99. The van der Waals surface area contributed by atoms with Crippen LogP contribution >= 0.6 is 11.6 Å². The van der Waals surface area contributed by atoms with Crippen LogP contribution < -0.4 is 10.6 Å². The quantitative estimate of drug-likeness (QED) is 0.440. The van der Waals surface area contributed by atoms with Crippen molar-refractivity contribution >= 4 is 40.8 Å². The van der Waals surface area contributed by atoms with Gasteiger partial charge in [0.1, 0.15) is 12.1 Å². The summed E-state index contributed by atoms with van der Waals surface area (Å²) in [7, 11) is 0. The van der Waals surface area contributed by atoms with Crippen LogP contribution in [-0.4, -0.2) is 34.2 Å². The molecule has 1 atom stereocenters. The van der Waals surface area contributed by atoms with Crippen molar-refractivity contribution in [1.82, 2.24) is 10.2 Å². The third-order valence-corrected chi connectivity index (χ3v) is 5.72. The maximum absolute atomic E-state index is 13.2. The summed E-state index contributed by atoms with van der Waals surface area (Å²) < 4.78 is 0. The molecule has 1 heterocycles. The fraction of sp³-hybridized carbons (Fsp3) is 0.250. The fourth-order valence-electron chi connectivity index (χ4n) is 4.01. The summed E-state index contributed by atoms with van der Waals surface area (Å²) in [5, 5.41) is 16.2. The van der Waals surface area contributed by atoms with Gasteiger partial charge in [0.2, 0.25) is 5.91 Å². The van der Waals surface area contributed by atoms with E-state index in [1.54, 1.807) is 0 Å². The average Bonchev–Trinajstić information content (AvgIpc) is 2.94. The number of anilines is 1. The van der Waals surface area contributed by atoms with Crippen molar-refractivity contribution in [2.45, 2.75) is 24.8 Å². The average molecular weight is 429 g/mol. The van der Waals surface area contributed by atoms with E-state index in [9.17, 15) is 24.5 Å². The number of nitrogens with zero attached hydrogens (tertiary/aromatic N) is 2. The molecular weight excluding hydrogens is 412 g/mol. The molecule has 30 heavy (non-hydrogen) atoms. The molecule has 154 valence electrons. The lowest BCUT2D eigenvalue weighted by Crippen LogP contribution is -2.47. The summed E-state index contributed by atoms with van der Waals surface area (Å²) in [4.78, 5) is 49.4. The van der Waals surface area contributed by atoms with Crippen molar-refractivity contribution in [3.8, 4) is 0 Å². The van der Waals surface area contributed by atoms with Crippen LogP contribution in [0.3, 0.4) is 0 Å². The number of nitrogens with one attached hydrogen (secondary N) is 2. The molecule has 0 saturated carbocycles. The van der Waals surface area contributed by atoms with Gasteiger partial charge >= 0.3 is 6.03 Å². The Balaban J connectivity index is 1.55. The second-order valence-corrected chi connectivity index (χ2v) is 7.61. The molecule has 1 aliphatic carbocycles. The maximum atomic E-state index is 13.2. The van der Waals surface area contributed by atoms with Crippen LogP contribution in [0.4, 0.5) is 16.2 Å². The highest BCUT2D eigenvalue weighted by atomic mass is 35.5. The molecule has 0 radical (unpaired) electrons. The Bertz CT molecular complexity index is 1090. The zero-order valence-electron chi connectivity index (χ0n) is 15.7. The number of amides is 4. The Morgan fingerprint density at radius 1 is 1.27 bits per heavy atom. The zero-order valence-corrected chi connectivity index (χ0v) is 16.4. The van der Waals surface area contributed by atoms with Crippen molar-refractivity contribution in [2.24, 2.45) is 0 Å². The number of hydrogen-bond donors (Lipinski definition) is 2. The predicted molar refractivity (Wildman–Crippen MR) is 108 cm³/mol. The number of hydrogen-bond acceptors (Lipinski definition) is 5. The van der Waals surface area contributed by atoms with Gasteiger partial charge in [0.25, 0.3) is 11.6 Å². The molecule has 2 aliphatic rings. The SMILES string of the molecule is O=C(CN1C(=O)NC2(CCCc3ccccc32)C1=O)Nc1cc([N+](=O)[O-])ccc1Cl. The van der Waals surface area contributed by atoms with Crippen LogP contribution in [0.5, 0.6) is 0 Å². The number of rotatable bonds is 4. The molecule has 1 fully saturated rings. The first-order valence-electron chi connectivity index (χ1n) is 9.28. The van der Waals surface area contributed by atoms with E-state index >= 15 is 0 Å². The Morgan fingerprint density at radius 3 is 2.80 bits per heavy atom. The van der Waals surface area contributed by atoms with Gasteiger partial charge in [-0.2, -0.15) is 0 Å². The molecule has 1 saturated heterocycles. The van der Waals surface area contributed by atoms with Gasteiger partial charge in [0.05, 0.1) is 15.6 Å². The Labute approximate surface area is 176 Å². The van der Waals surface area contributed by atoms with Gasteiger partial charge in [-0.3, -0.25) is 24.6 Å². The molecule has 10 heteroatoms. The minimum atomic E-state index is -1.17. The molecule has 4 amide bonds. The maximum Gasteiger partial charge on any atom is 0.325 e. The lowest BCUT2D eigenvalue weighted by molar-refractivity contribution is -0.384. The van der Waals surface area contributed by atoms with E-state index in [1.165, 1.54) is 12.1 Å². The third kappa shape index (κ3) is 3.26. The summed E-state index contributed by atoms with van der Waals surface area (Å²) >= 11 is 5.99. The molecular formula is C20H17ClN4O5. The Morgan fingerprint density at radius 2 is 2.03 bits per heavy atom. The first-order chi connectivity index (χ1) is 14.3. The van der Waals surface area contributed by atoms with Crippen LogP contribution in [0.1, 0.15) is 24.0 Å². The lowest BCUT2D eigenvalue weighted by atomic mass is 9.76. The van der Waals surface area contributed by atoms with E-state index < -0.39 is 34.9 Å². The summed E-state index contributed by atoms with van der Waals surface area (Å²) in [5.41, 5.74) is 0.351. The third-order valence-electron chi connectivity index (χ3n) is 5.39. The van der Waals surface area contributed by atoms with Gasteiger partial charge in [-0.05, 0) is 36.5 Å². The number of carbonyl (C=O) groups is 3. The molecule has 1 spiro atoms. The largest absolute Gasteiger partial charge is 0.325 e. The summed E-state index contributed by atoms with van der Waals surface area (Å²) in [6, 6.07) is 10.4. The van der Waals surface area contributed by atoms with Crippen LogP contribution in [-0.2, 0) is 21.5 Å². The molecule has 1 aliphatic heterocycles. The topological polar surface area (TPSA) is 122 Å². The number of fused-ring (bicyclic) bond motifs is 2. The van der Waals surface area contributed by atoms with Gasteiger partial charge < -0.3 is 10.6 Å². The standard InChI is InChI=1S/C20H17ClN4O5/c21-15-8-7-13(25(29)30)10-16(15)22-17(26)11-24-18(27)20(23-19(24)28)9-3-5-12-4-1-2-6-14(12)20/h1-2,4,6-8,10H,3,5,9,11H2,(H,22,26)(H,23,28). The lowest BCUT2D eigenvalue weighted by Gasteiger charge is -2.33. The molecule has 1 unspecified atom stereocenters. The second-order valence-electron chi connectivity index (χ2n) is 7.21. The smallest absolute Gasteiger partial charge is 0.323 e. The highest BCUT2D eigenvalue weighted by Crippen LogP contribution is 2.39. The summed E-state index contributed by atoms with van der Waals surface area (Å²) in [6.45, 7) is -0.534. The van der Waals surface area contributed by atoms with Crippen molar-refractivity contribution in [3.63, 3.8) is 0 Å². The highest BCUT2D eigenvalue weighted by molar-refractivity contribution is 6.33. The molecule has 9 nitrogen and oxygen atoms in total. The molecule has 4 rings (SSSR count). The molecule has 0 bridgehead atoms. The fourth-order valence-corrected chi connectivity index (χ4v) is 4.18. The van der Waals surface area contributed by atoms with Crippen molar-refractivity contribution < 1.29 is 19.3 Å². The van der Waals surface area contributed by atoms with E-state index in [2.05, 4.69) is 10.6 Å². The number of nitro groups is 1. The minimum Gasteiger partial charge on any atom is -0.323 e. The number of carbonyl (C=O) groups excluding carboxylic acids is 3. The molecule has 2 aromatic rings. The van der Waals surface area contributed by atoms with Gasteiger partial charge in [0.15, 0.2) is 0 Å².